The van der Waals surface area contributed by atoms with Crippen LogP contribution in [0.3, 0.4) is 0 Å². The number of rotatable bonds is 0. The van der Waals surface area contributed by atoms with Crippen molar-refractivity contribution in [3.05, 3.63) is 37.4 Å². The van der Waals surface area contributed by atoms with Crippen LogP contribution < -0.4 is 0 Å². The summed E-state index contributed by atoms with van der Waals surface area (Å²) >= 11 is 0. The summed E-state index contributed by atoms with van der Waals surface area (Å²) in [4.78, 5) is 9.07. The third-order valence-corrected chi connectivity index (χ3v) is 2.64. The van der Waals surface area contributed by atoms with Gasteiger partial charge >= 0.3 is 16.1 Å². The fourth-order valence-corrected chi connectivity index (χ4v) is 1.53. The van der Waals surface area contributed by atoms with Crippen LogP contribution in [0.25, 0.3) is 0 Å². The Morgan fingerprint density at radius 3 is 2.65 bits per heavy atom. The van der Waals surface area contributed by atoms with Gasteiger partial charge in [-0.2, -0.15) is 0 Å². The fraction of sp³-hybridized carbons (Fsp3) is 0.143. The van der Waals surface area contributed by atoms with E-state index in [0.717, 1.165) is 31.3 Å². The second kappa shape index (κ2) is 7.09. The van der Waals surface area contributed by atoms with Crippen LogP contribution in [0.4, 0.5) is 0 Å². The summed E-state index contributed by atoms with van der Waals surface area (Å²) in [5.41, 5.74) is 0. The summed E-state index contributed by atoms with van der Waals surface area (Å²) in [6.07, 6.45) is 6.03. The first-order valence-corrected chi connectivity index (χ1v) is 6.76. The molecule has 0 fully saturated rings. The van der Waals surface area contributed by atoms with Gasteiger partial charge in [-0.05, 0) is 6.08 Å². The lowest BCUT2D eigenvalue weighted by Crippen LogP contribution is -1.91. The summed E-state index contributed by atoms with van der Waals surface area (Å²) in [5.74, 6) is 0. The molecule has 1 N–H and O–H groups in total. The summed E-state index contributed by atoms with van der Waals surface area (Å²) < 4.78 is 44.6. The Labute approximate surface area is 97.6 Å². The predicted octanol–water partition coefficient (Wildman–Crippen LogP) is 2.30. The van der Waals surface area contributed by atoms with Crippen LogP contribution >= 0.6 is 16.1 Å². The van der Waals surface area contributed by atoms with Crippen molar-refractivity contribution in [2.45, 2.75) is 0 Å². The summed E-state index contributed by atoms with van der Waals surface area (Å²) in [7, 11) is -6.55. The van der Waals surface area contributed by atoms with Gasteiger partial charge in [0, 0.05) is 4.57 Å². The van der Waals surface area contributed by atoms with Gasteiger partial charge in [0.05, 0.1) is 6.61 Å². The molecule has 94 valence electrons. The Morgan fingerprint density at radius 1 is 1.12 bits per heavy atom. The third kappa shape index (κ3) is 6.76. The number of ether oxygens (including phenoxy) is 1. The van der Waals surface area contributed by atoms with Crippen LogP contribution in [0.15, 0.2) is 37.4 Å². The zero-order chi connectivity index (χ0) is 12.6. The van der Waals surface area contributed by atoms with Crippen LogP contribution in [0.5, 0.6) is 0 Å². The molecule has 10 heteroatoms. The second-order valence-electron chi connectivity index (χ2n) is 2.36. The highest BCUT2D eigenvalue weighted by Crippen LogP contribution is 2.43. The molecule has 0 radical (unpaired) electrons. The standard InChI is InChI=1S/C7H8O8P2/c8-16-12-2-1-3-14-17(9,10)15-7-5-11-4-6-13-16/h1-2,4-7H,3H2/p+1. The van der Waals surface area contributed by atoms with Crippen LogP contribution in [0.1, 0.15) is 0 Å². The Kier molecular flexibility index (Phi) is 5.72. The zero-order valence-electron chi connectivity index (χ0n) is 8.37. The molecule has 0 aromatic heterocycles. The maximum atomic E-state index is 11.1. The molecule has 1 aliphatic heterocycles. The quantitative estimate of drug-likeness (QED) is 0.676. The van der Waals surface area contributed by atoms with Crippen molar-refractivity contribution in [2.24, 2.45) is 0 Å². The van der Waals surface area contributed by atoms with Gasteiger partial charge in [0.15, 0.2) is 12.5 Å². The molecule has 0 aromatic carbocycles. The Bertz CT molecular complexity index is 387. The molecule has 0 amide bonds. The Hall–Kier alpha value is -1.33. The first-order valence-electron chi connectivity index (χ1n) is 4.17. The predicted molar refractivity (Wildman–Crippen MR) is 55.1 cm³/mol. The SMILES string of the molecule is O=[P+]1OC=CCOP(=O)(O)OC=COC=CO1. The summed E-state index contributed by atoms with van der Waals surface area (Å²) in [5, 5.41) is 0. The molecular weight excluding hydrogens is 274 g/mol. The van der Waals surface area contributed by atoms with Crippen molar-refractivity contribution in [1.29, 1.82) is 0 Å². The smallest absolute Gasteiger partial charge is 0.466 e. The molecule has 2 unspecified atom stereocenters. The van der Waals surface area contributed by atoms with E-state index in [-0.39, 0.29) is 6.61 Å². The van der Waals surface area contributed by atoms with E-state index in [4.69, 9.17) is 4.89 Å². The topological polar surface area (TPSA) is 101 Å². The average molecular weight is 283 g/mol. The zero-order valence-corrected chi connectivity index (χ0v) is 10.2. The summed E-state index contributed by atoms with van der Waals surface area (Å²) in [6.45, 7) is -0.262. The van der Waals surface area contributed by atoms with E-state index in [1.807, 2.05) is 0 Å². The number of phosphoric acid groups is 1. The lowest BCUT2D eigenvalue weighted by atomic mass is 10.7. The average Bonchev–Trinajstić information content (AvgIpc) is 2.26. The molecule has 0 aliphatic carbocycles. The third-order valence-electron chi connectivity index (χ3n) is 1.19. The minimum Gasteiger partial charge on any atom is -0.466 e. The van der Waals surface area contributed by atoms with Crippen molar-refractivity contribution in [2.75, 3.05) is 6.61 Å². The second-order valence-corrected chi connectivity index (χ2v) is 4.63. The van der Waals surface area contributed by atoms with Gasteiger partial charge in [0.25, 0.3) is 0 Å². The van der Waals surface area contributed by atoms with E-state index >= 15 is 0 Å². The monoisotopic (exact) mass is 283 g/mol. The van der Waals surface area contributed by atoms with Gasteiger partial charge in [0.1, 0.15) is 18.8 Å². The molecule has 2 atom stereocenters. The first kappa shape index (κ1) is 13.7. The Balaban J connectivity index is 2.61. The van der Waals surface area contributed by atoms with Crippen molar-refractivity contribution in [3.63, 3.8) is 0 Å². The van der Waals surface area contributed by atoms with Gasteiger partial charge in [-0.15, -0.1) is 0 Å². The molecule has 17 heavy (non-hydrogen) atoms. The van der Waals surface area contributed by atoms with E-state index in [2.05, 4.69) is 22.8 Å². The van der Waals surface area contributed by atoms with E-state index in [9.17, 15) is 9.13 Å². The first-order chi connectivity index (χ1) is 8.10. The molecule has 0 saturated carbocycles. The number of phosphoric ester groups is 1. The van der Waals surface area contributed by atoms with Crippen LogP contribution in [0.2, 0.25) is 0 Å². The van der Waals surface area contributed by atoms with Gasteiger partial charge in [-0.1, -0.05) is 0 Å². The maximum Gasteiger partial charge on any atom is 0.804 e. The highest BCUT2D eigenvalue weighted by Gasteiger charge is 2.20. The van der Waals surface area contributed by atoms with Crippen molar-refractivity contribution in [1.82, 2.24) is 0 Å². The molecule has 1 aliphatic rings. The van der Waals surface area contributed by atoms with Crippen LogP contribution in [0, 0.1) is 0 Å². The highest BCUT2D eigenvalue weighted by atomic mass is 31.2. The van der Waals surface area contributed by atoms with Crippen LogP contribution in [-0.2, 0) is 32.0 Å². The molecule has 0 spiro atoms. The molecule has 0 aromatic rings. The van der Waals surface area contributed by atoms with Gasteiger partial charge < -0.3 is 9.26 Å². The van der Waals surface area contributed by atoms with E-state index in [1.54, 1.807) is 0 Å². The van der Waals surface area contributed by atoms with Crippen molar-refractivity contribution < 1.29 is 36.9 Å². The minimum atomic E-state index is -4.18. The lowest BCUT2D eigenvalue weighted by Gasteiger charge is -2.07. The largest absolute Gasteiger partial charge is 0.804 e. The lowest BCUT2D eigenvalue weighted by molar-refractivity contribution is 0.200. The molecule has 0 saturated heterocycles. The summed E-state index contributed by atoms with van der Waals surface area (Å²) in [6, 6.07) is 0. The Morgan fingerprint density at radius 2 is 1.82 bits per heavy atom. The normalized spacial score (nSPS) is 28.2. The fourth-order valence-electron chi connectivity index (χ4n) is 0.610. The van der Waals surface area contributed by atoms with E-state index < -0.39 is 16.1 Å². The molecule has 8 nitrogen and oxygen atoms in total. The van der Waals surface area contributed by atoms with Crippen molar-refractivity contribution >= 4 is 16.1 Å². The number of hydrogen-bond acceptors (Lipinski definition) is 7. The molecule has 1 rings (SSSR count). The number of hydrogen-bond donors (Lipinski definition) is 1. The van der Waals surface area contributed by atoms with Crippen LogP contribution in [-0.4, -0.2) is 11.5 Å². The van der Waals surface area contributed by atoms with Gasteiger partial charge in [-0.3, -0.25) is 9.42 Å². The van der Waals surface area contributed by atoms with E-state index in [1.165, 1.54) is 6.08 Å². The van der Waals surface area contributed by atoms with Gasteiger partial charge in [-0.25, -0.2) is 13.6 Å². The molecule has 1 heterocycles. The molecule has 0 bridgehead atoms. The van der Waals surface area contributed by atoms with E-state index in [0.29, 0.717) is 0 Å². The van der Waals surface area contributed by atoms with Crippen molar-refractivity contribution in [3.8, 4) is 0 Å². The maximum absolute atomic E-state index is 11.1. The van der Waals surface area contributed by atoms with Gasteiger partial charge in [0.2, 0.25) is 0 Å². The highest BCUT2D eigenvalue weighted by molar-refractivity contribution is 7.47. The minimum absolute atomic E-state index is 0.262. The molecular formula is C7H9O8P2+.